The number of nitrogens with one attached hydrogen (secondary N) is 2. The van der Waals surface area contributed by atoms with Crippen molar-refractivity contribution in [3.8, 4) is 0 Å². The van der Waals surface area contributed by atoms with Crippen molar-refractivity contribution < 1.29 is 9.47 Å². The summed E-state index contributed by atoms with van der Waals surface area (Å²) >= 11 is 0. The van der Waals surface area contributed by atoms with Crippen LogP contribution in [0.2, 0.25) is 0 Å². The third kappa shape index (κ3) is 9.42. The van der Waals surface area contributed by atoms with E-state index in [0.717, 1.165) is 58.5 Å². The lowest BCUT2D eigenvalue weighted by atomic mass is 10.4. The molecule has 6 nitrogen and oxygen atoms in total. The lowest BCUT2D eigenvalue weighted by Gasteiger charge is -2.26. The predicted octanol–water partition coefficient (Wildman–Crippen LogP) is 0.138. The van der Waals surface area contributed by atoms with Gasteiger partial charge in [-0.2, -0.15) is 0 Å². The molecule has 0 radical (unpaired) electrons. The average Bonchev–Trinajstić information content (AvgIpc) is 2.42. The largest absolute Gasteiger partial charge is 0.380 e. The van der Waals surface area contributed by atoms with Crippen molar-refractivity contribution in [3.63, 3.8) is 0 Å². The van der Waals surface area contributed by atoms with E-state index in [1.807, 2.05) is 6.92 Å². The number of ether oxygens (including phenoxy) is 2. The van der Waals surface area contributed by atoms with Gasteiger partial charge in [0.25, 0.3) is 0 Å². The Morgan fingerprint density at radius 1 is 1.26 bits per heavy atom. The second kappa shape index (κ2) is 12.9. The number of aliphatic imine (C=N–C) groups is 1. The Morgan fingerprint density at radius 3 is 2.58 bits per heavy atom. The van der Waals surface area contributed by atoms with E-state index in [1.54, 1.807) is 7.05 Å². The molecule has 0 saturated carbocycles. The second-order valence-electron chi connectivity index (χ2n) is 4.08. The normalized spacial score (nSPS) is 16.8. The van der Waals surface area contributed by atoms with E-state index in [0.29, 0.717) is 6.61 Å². The highest BCUT2D eigenvalue weighted by Crippen LogP contribution is 1.94. The number of nitrogens with zero attached hydrogens (tertiary/aromatic N) is 2. The highest BCUT2D eigenvalue weighted by atomic mass is 127. The lowest BCUT2D eigenvalue weighted by molar-refractivity contribution is 0.0389. The summed E-state index contributed by atoms with van der Waals surface area (Å²) in [5.41, 5.74) is 0. The van der Waals surface area contributed by atoms with Crippen molar-refractivity contribution >= 4 is 29.9 Å². The monoisotopic (exact) mass is 386 g/mol. The molecule has 1 heterocycles. The van der Waals surface area contributed by atoms with Crippen LogP contribution in [0.4, 0.5) is 0 Å². The minimum atomic E-state index is 0. The number of morpholine rings is 1. The standard InChI is InChI=1S/C12H26N4O2.HI/c1-3-17-9-5-15-12(13-2)14-4-6-16-7-10-18-11-8-16;/h3-11H2,1-2H3,(H2,13,14,15);1H. The fourth-order valence-electron chi connectivity index (χ4n) is 1.76. The van der Waals surface area contributed by atoms with Crippen LogP contribution in [0.25, 0.3) is 0 Å². The lowest BCUT2D eigenvalue weighted by Crippen LogP contribution is -2.45. The Balaban J connectivity index is 0.00000324. The van der Waals surface area contributed by atoms with Crippen LogP contribution in [-0.4, -0.2) is 77.1 Å². The van der Waals surface area contributed by atoms with E-state index >= 15 is 0 Å². The van der Waals surface area contributed by atoms with Crippen molar-refractivity contribution in [2.45, 2.75) is 6.92 Å². The number of hydrogen-bond acceptors (Lipinski definition) is 4. The molecule has 19 heavy (non-hydrogen) atoms. The third-order valence-electron chi connectivity index (χ3n) is 2.79. The quantitative estimate of drug-likeness (QED) is 0.282. The first-order chi connectivity index (χ1) is 8.86. The predicted molar refractivity (Wildman–Crippen MR) is 88.5 cm³/mol. The van der Waals surface area contributed by atoms with Gasteiger partial charge < -0.3 is 20.1 Å². The maximum atomic E-state index is 5.31. The zero-order valence-electron chi connectivity index (χ0n) is 12.0. The van der Waals surface area contributed by atoms with Gasteiger partial charge in [0.15, 0.2) is 5.96 Å². The Bertz CT molecular complexity index is 236. The van der Waals surface area contributed by atoms with Crippen molar-refractivity contribution in [2.24, 2.45) is 4.99 Å². The molecule has 0 aromatic heterocycles. The molecular formula is C12H27IN4O2. The highest BCUT2D eigenvalue weighted by molar-refractivity contribution is 14.0. The van der Waals surface area contributed by atoms with Crippen molar-refractivity contribution in [3.05, 3.63) is 0 Å². The van der Waals surface area contributed by atoms with Gasteiger partial charge in [0, 0.05) is 46.4 Å². The van der Waals surface area contributed by atoms with Gasteiger partial charge in [-0.05, 0) is 6.92 Å². The van der Waals surface area contributed by atoms with E-state index in [1.165, 1.54) is 0 Å². The summed E-state index contributed by atoms with van der Waals surface area (Å²) in [4.78, 5) is 6.56. The minimum Gasteiger partial charge on any atom is -0.380 e. The summed E-state index contributed by atoms with van der Waals surface area (Å²) in [5, 5.41) is 6.51. The Labute approximate surface area is 133 Å². The van der Waals surface area contributed by atoms with Crippen molar-refractivity contribution in [2.75, 3.05) is 66.2 Å². The molecule has 1 rings (SSSR count). The number of halogens is 1. The zero-order valence-corrected chi connectivity index (χ0v) is 14.3. The molecule has 0 aromatic rings. The van der Waals surface area contributed by atoms with Crippen LogP contribution in [0.1, 0.15) is 6.92 Å². The molecule has 0 aromatic carbocycles. The summed E-state index contributed by atoms with van der Waals surface area (Å²) in [6.07, 6.45) is 0. The molecule has 1 saturated heterocycles. The molecule has 2 N–H and O–H groups in total. The van der Waals surface area contributed by atoms with Crippen molar-refractivity contribution in [1.29, 1.82) is 0 Å². The molecule has 0 aliphatic carbocycles. The summed E-state index contributed by atoms with van der Waals surface area (Å²) in [7, 11) is 1.78. The summed E-state index contributed by atoms with van der Waals surface area (Å²) in [6.45, 7) is 9.91. The van der Waals surface area contributed by atoms with E-state index in [9.17, 15) is 0 Å². The van der Waals surface area contributed by atoms with Crippen LogP contribution < -0.4 is 10.6 Å². The first-order valence-corrected chi connectivity index (χ1v) is 6.69. The topological polar surface area (TPSA) is 58.1 Å². The molecule has 0 unspecified atom stereocenters. The first-order valence-electron chi connectivity index (χ1n) is 6.69. The van der Waals surface area contributed by atoms with E-state index in [-0.39, 0.29) is 24.0 Å². The molecule has 1 aliphatic rings. The van der Waals surface area contributed by atoms with Gasteiger partial charge >= 0.3 is 0 Å². The molecule has 0 amide bonds. The van der Waals surface area contributed by atoms with Crippen LogP contribution in [0, 0.1) is 0 Å². The number of hydrogen-bond donors (Lipinski definition) is 2. The summed E-state index contributed by atoms with van der Waals surface area (Å²) < 4.78 is 10.6. The Morgan fingerprint density at radius 2 is 1.95 bits per heavy atom. The van der Waals surface area contributed by atoms with Crippen LogP contribution in [0.15, 0.2) is 4.99 Å². The van der Waals surface area contributed by atoms with Gasteiger partial charge in [-0.3, -0.25) is 9.89 Å². The molecule has 1 fully saturated rings. The van der Waals surface area contributed by atoms with Gasteiger partial charge in [-0.15, -0.1) is 24.0 Å². The Kier molecular flexibility index (Phi) is 12.8. The van der Waals surface area contributed by atoms with Crippen LogP contribution in [-0.2, 0) is 9.47 Å². The molecule has 0 atom stereocenters. The van der Waals surface area contributed by atoms with Gasteiger partial charge in [-0.25, -0.2) is 0 Å². The summed E-state index contributed by atoms with van der Waals surface area (Å²) in [5.74, 6) is 0.836. The number of rotatable bonds is 7. The maximum Gasteiger partial charge on any atom is 0.191 e. The van der Waals surface area contributed by atoms with E-state index < -0.39 is 0 Å². The number of guanidine groups is 1. The van der Waals surface area contributed by atoms with Crippen molar-refractivity contribution in [1.82, 2.24) is 15.5 Å². The van der Waals surface area contributed by atoms with Crippen LogP contribution in [0.3, 0.4) is 0 Å². The van der Waals surface area contributed by atoms with Gasteiger partial charge in [-0.1, -0.05) is 0 Å². The smallest absolute Gasteiger partial charge is 0.191 e. The molecule has 114 valence electrons. The minimum absolute atomic E-state index is 0. The van der Waals surface area contributed by atoms with Gasteiger partial charge in [0.05, 0.1) is 19.8 Å². The molecular weight excluding hydrogens is 359 g/mol. The average molecular weight is 386 g/mol. The molecule has 7 heteroatoms. The van der Waals surface area contributed by atoms with Crippen LogP contribution >= 0.6 is 24.0 Å². The SMILES string of the molecule is CCOCCNC(=NC)NCCN1CCOCC1.I. The zero-order chi connectivity index (χ0) is 13.1. The molecule has 0 spiro atoms. The van der Waals surface area contributed by atoms with Gasteiger partial charge in [0.2, 0.25) is 0 Å². The molecule has 1 aliphatic heterocycles. The van der Waals surface area contributed by atoms with Crippen LogP contribution in [0.5, 0.6) is 0 Å². The fraction of sp³-hybridized carbons (Fsp3) is 0.917. The van der Waals surface area contributed by atoms with Gasteiger partial charge in [0.1, 0.15) is 0 Å². The second-order valence-corrected chi connectivity index (χ2v) is 4.08. The van der Waals surface area contributed by atoms with E-state index in [2.05, 4.69) is 20.5 Å². The first kappa shape index (κ1) is 18.9. The third-order valence-corrected chi connectivity index (χ3v) is 2.79. The fourth-order valence-corrected chi connectivity index (χ4v) is 1.76. The maximum absolute atomic E-state index is 5.31. The van der Waals surface area contributed by atoms with E-state index in [4.69, 9.17) is 9.47 Å². The highest BCUT2D eigenvalue weighted by Gasteiger charge is 2.09. The Hall–Kier alpha value is -0.120. The summed E-state index contributed by atoms with van der Waals surface area (Å²) in [6, 6.07) is 0. The molecule has 0 bridgehead atoms.